The number of amides is 1. The fourth-order valence-electron chi connectivity index (χ4n) is 4.02. The molecule has 2 aromatic rings. The van der Waals surface area contributed by atoms with Gasteiger partial charge in [0, 0.05) is 50.2 Å². The van der Waals surface area contributed by atoms with Crippen LogP contribution in [0.1, 0.15) is 19.8 Å². The minimum atomic E-state index is -0.250. The Bertz CT molecular complexity index is 824. The van der Waals surface area contributed by atoms with E-state index in [-0.39, 0.29) is 23.8 Å². The highest BCUT2D eigenvalue weighted by molar-refractivity contribution is 5.73. The van der Waals surface area contributed by atoms with Crippen molar-refractivity contribution in [3.05, 3.63) is 66.9 Å². The number of nitrogens with zero attached hydrogens (tertiary/aromatic N) is 4. The van der Waals surface area contributed by atoms with E-state index in [1.54, 1.807) is 25.3 Å². The predicted molar refractivity (Wildman–Crippen MR) is 104 cm³/mol. The van der Waals surface area contributed by atoms with E-state index in [2.05, 4.69) is 14.8 Å². The lowest BCUT2D eigenvalue weighted by Crippen LogP contribution is -2.51. The summed E-state index contributed by atoms with van der Waals surface area (Å²) in [6.07, 6.45) is 7.81. The Morgan fingerprint density at radius 3 is 2.59 bits per heavy atom. The van der Waals surface area contributed by atoms with Crippen LogP contribution in [0.3, 0.4) is 0 Å². The van der Waals surface area contributed by atoms with Crippen LogP contribution in [0, 0.1) is 11.7 Å². The summed E-state index contributed by atoms with van der Waals surface area (Å²) >= 11 is 0. The summed E-state index contributed by atoms with van der Waals surface area (Å²) in [5.74, 6) is 0.983. The van der Waals surface area contributed by atoms with Crippen LogP contribution in [0.15, 0.2) is 61.1 Å². The molecule has 2 aliphatic heterocycles. The zero-order chi connectivity index (χ0) is 18.8. The second-order valence-electron chi connectivity index (χ2n) is 7.06. The van der Waals surface area contributed by atoms with E-state index in [1.807, 2.05) is 35.5 Å². The molecule has 0 spiro atoms. The summed E-state index contributed by atoms with van der Waals surface area (Å²) in [7, 11) is 0. The molecule has 0 bridgehead atoms. The smallest absolute Gasteiger partial charge is 0.219 e. The number of hydrogen-bond donors (Lipinski definition) is 0. The van der Waals surface area contributed by atoms with Gasteiger partial charge in [0.1, 0.15) is 17.8 Å². The van der Waals surface area contributed by atoms with Crippen LogP contribution in [0.4, 0.5) is 15.9 Å². The van der Waals surface area contributed by atoms with Crippen LogP contribution in [0.2, 0.25) is 0 Å². The van der Waals surface area contributed by atoms with Gasteiger partial charge in [-0.05, 0) is 49.2 Å². The number of hydrogen-bond acceptors (Lipinski definition) is 4. The minimum Gasteiger partial charge on any atom is -0.343 e. The average Bonchev–Trinajstić information content (AvgIpc) is 3.14. The van der Waals surface area contributed by atoms with Crippen molar-refractivity contribution < 1.29 is 9.18 Å². The third-order valence-corrected chi connectivity index (χ3v) is 5.32. The van der Waals surface area contributed by atoms with Gasteiger partial charge in [0.15, 0.2) is 0 Å². The largest absolute Gasteiger partial charge is 0.343 e. The lowest BCUT2D eigenvalue weighted by Gasteiger charge is -2.42. The van der Waals surface area contributed by atoms with E-state index in [9.17, 15) is 9.18 Å². The molecule has 2 unspecified atom stereocenters. The van der Waals surface area contributed by atoms with Gasteiger partial charge >= 0.3 is 0 Å². The average molecular weight is 366 g/mol. The first kappa shape index (κ1) is 17.5. The van der Waals surface area contributed by atoms with Crippen molar-refractivity contribution >= 4 is 17.4 Å². The Labute approximate surface area is 158 Å². The van der Waals surface area contributed by atoms with Gasteiger partial charge in [0.05, 0.1) is 0 Å². The first-order valence-corrected chi connectivity index (χ1v) is 9.30. The quantitative estimate of drug-likeness (QED) is 0.832. The van der Waals surface area contributed by atoms with Crippen LogP contribution in [-0.4, -0.2) is 35.0 Å². The number of anilines is 2. The Kier molecular flexibility index (Phi) is 4.79. The maximum Gasteiger partial charge on any atom is 0.219 e. The molecule has 1 saturated heterocycles. The fourth-order valence-corrected chi connectivity index (χ4v) is 4.02. The predicted octanol–water partition coefficient (Wildman–Crippen LogP) is 3.60. The van der Waals surface area contributed by atoms with E-state index >= 15 is 0 Å². The fraction of sp³-hybridized carbons (Fsp3) is 0.333. The lowest BCUT2D eigenvalue weighted by molar-refractivity contribution is -0.130. The van der Waals surface area contributed by atoms with Gasteiger partial charge in [-0.3, -0.25) is 4.79 Å². The van der Waals surface area contributed by atoms with Gasteiger partial charge in [-0.1, -0.05) is 6.07 Å². The number of rotatable bonds is 3. The Morgan fingerprint density at radius 1 is 1.11 bits per heavy atom. The highest BCUT2D eigenvalue weighted by Crippen LogP contribution is 2.35. The van der Waals surface area contributed by atoms with Gasteiger partial charge < -0.3 is 14.7 Å². The Hall–Kier alpha value is -2.89. The summed E-state index contributed by atoms with van der Waals surface area (Å²) in [5.41, 5.74) is 0.927. The molecule has 3 heterocycles. The molecule has 1 fully saturated rings. The van der Waals surface area contributed by atoms with Crippen LogP contribution >= 0.6 is 0 Å². The normalized spacial score (nSPS) is 22.4. The number of pyridine rings is 1. The van der Waals surface area contributed by atoms with Crippen molar-refractivity contribution in [2.24, 2.45) is 5.92 Å². The molecule has 0 saturated carbocycles. The van der Waals surface area contributed by atoms with Crippen molar-refractivity contribution in [2.75, 3.05) is 22.9 Å². The number of piperidine rings is 1. The Morgan fingerprint density at radius 2 is 1.89 bits per heavy atom. The molecule has 2 aliphatic rings. The van der Waals surface area contributed by atoms with E-state index in [0.29, 0.717) is 6.54 Å². The van der Waals surface area contributed by atoms with Gasteiger partial charge in [-0.25, -0.2) is 9.37 Å². The van der Waals surface area contributed by atoms with Crippen molar-refractivity contribution in [3.63, 3.8) is 0 Å². The van der Waals surface area contributed by atoms with Crippen LogP contribution in [0.5, 0.6) is 0 Å². The van der Waals surface area contributed by atoms with Crippen molar-refractivity contribution in [1.29, 1.82) is 0 Å². The molecule has 0 aliphatic carbocycles. The summed E-state index contributed by atoms with van der Waals surface area (Å²) < 4.78 is 13.4. The number of carbonyl (C=O) groups excluding carboxylic acids is 1. The summed E-state index contributed by atoms with van der Waals surface area (Å²) in [4.78, 5) is 22.7. The highest BCUT2D eigenvalue weighted by atomic mass is 19.1. The standard InChI is InChI=1S/C21H23FN4O/c1-16(27)24-12-4-5-17(15-24)21-25(19-9-7-18(22)8-10-19)13-14-26(21)20-6-2-3-11-23-20/h2-3,6-11,13-14,17,21H,4-5,12,15H2,1H3. The Balaban J connectivity index is 1.68. The number of likely N-dealkylation sites (tertiary alicyclic amines) is 1. The van der Waals surface area contributed by atoms with E-state index in [0.717, 1.165) is 30.9 Å². The molecule has 1 amide bonds. The molecular weight excluding hydrogens is 343 g/mol. The van der Waals surface area contributed by atoms with Crippen LogP contribution < -0.4 is 9.80 Å². The first-order chi connectivity index (χ1) is 13.1. The van der Waals surface area contributed by atoms with Crippen molar-refractivity contribution in [1.82, 2.24) is 9.88 Å². The molecule has 1 aromatic carbocycles. The summed E-state index contributed by atoms with van der Waals surface area (Å²) in [6.45, 7) is 3.15. The molecule has 5 nitrogen and oxygen atoms in total. The van der Waals surface area contributed by atoms with Crippen molar-refractivity contribution in [3.8, 4) is 0 Å². The number of halogens is 1. The zero-order valence-electron chi connectivity index (χ0n) is 15.3. The third-order valence-electron chi connectivity index (χ3n) is 5.32. The zero-order valence-corrected chi connectivity index (χ0v) is 15.3. The minimum absolute atomic E-state index is 0.00693. The highest BCUT2D eigenvalue weighted by Gasteiger charge is 2.38. The number of carbonyl (C=O) groups is 1. The molecule has 4 rings (SSSR count). The molecule has 1 aromatic heterocycles. The van der Waals surface area contributed by atoms with Gasteiger partial charge in [0.2, 0.25) is 5.91 Å². The number of aromatic nitrogens is 1. The molecule has 6 heteroatoms. The first-order valence-electron chi connectivity index (χ1n) is 9.30. The van der Waals surface area contributed by atoms with Crippen LogP contribution in [0.25, 0.3) is 0 Å². The molecule has 27 heavy (non-hydrogen) atoms. The van der Waals surface area contributed by atoms with Crippen LogP contribution in [-0.2, 0) is 4.79 Å². The van der Waals surface area contributed by atoms with Gasteiger partial charge in [-0.15, -0.1) is 0 Å². The maximum absolute atomic E-state index is 13.4. The lowest BCUT2D eigenvalue weighted by atomic mass is 9.93. The van der Waals surface area contributed by atoms with Gasteiger partial charge in [0.25, 0.3) is 0 Å². The molecular formula is C21H23FN4O. The number of benzene rings is 1. The maximum atomic E-state index is 13.4. The monoisotopic (exact) mass is 366 g/mol. The third kappa shape index (κ3) is 3.52. The summed E-state index contributed by atoms with van der Waals surface area (Å²) in [5, 5.41) is 0. The second kappa shape index (κ2) is 7.39. The van der Waals surface area contributed by atoms with Crippen molar-refractivity contribution in [2.45, 2.75) is 25.9 Å². The van der Waals surface area contributed by atoms with Gasteiger partial charge in [-0.2, -0.15) is 0 Å². The van der Waals surface area contributed by atoms with E-state index in [1.165, 1.54) is 12.1 Å². The molecule has 0 N–H and O–H groups in total. The summed E-state index contributed by atoms with van der Waals surface area (Å²) in [6, 6.07) is 12.4. The molecule has 2 atom stereocenters. The SMILES string of the molecule is CC(=O)N1CCCC(C2N(c3ccc(F)cc3)C=CN2c2ccccn2)C1. The van der Waals surface area contributed by atoms with E-state index in [4.69, 9.17) is 0 Å². The second-order valence-corrected chi connectivity index (χ2v) is 7.06. The molecule has 0 radical (unpaired) electrons. The van der Waals surface area contributed by atoms with E-state index < -0.39 is 0 Å². The topological polar surface area (TPSA) is 39.7 Å². The molecule has 140 valence electrons.